The van der Waals surface area contributed by atoms with E-state index < -0.39 is 30.1 Å². The molecule has 1 heterocycles. The summed E-state index contributed by atoms with van der Waals surface area (Å²) in [6, 6.07) is 12.1. The number of benzene rings is 2. The van der Waals surface area contributed by atoms with Crippen LogP contribution in [0.15, 0.2) is 54.9 Å². The summed E-state index contributed by atoms with van der Waals surface area (Å²) in [5.41, 5.74) is 0.891. The van der Waals surface area contributed by atoms with Crippen LogP contribution in [0.2, 0.25) is 0 Å². The number of alkyl halides is 2. The van der Waals surface area contributed by atoms with Crippen molar-refractivity contribution in [2.45, 2.75) is 12.7 Å². The molecule has 5 nitrogen and oxygen atoms in total. The van der Waals surface area contributed by atoms with Crippen LogP contribution >= 0.6 is 0 Å². The van der Waals surface area contributed by atoms with Gasteiger partial charge in [0.2, 0.25) is 0 Å². The Labute approximate surface area is 157 Å². The Morgan fingerprint density at radius 2 is 1.68 bits per heavy atom. The van der Waals surface area contributed by atoms with Crippen molar-refractivity contribution in [2.75, 3.05) is 11.9 Å². The van der Waals surface area contributed by atoms with Crippen LogP contribution in [0.4, 0.5) is 23.4 Å². The molecule has 0 fully saturated rings. The van der Waals surface area contributed by atoms with Gasteiger partial charge in [-0.3, -0.25) is 0 Å². The smallest absolute Gasteiger partial charge is 0.387 e. The Bertz CT molecular complexity index is 918. The number of hydrogen-bond acceptors (Lipinski definition) is 5. The third kappa shape index (κ3) is 4.74. The van der Waals surface area contributed by atoms with Crippen molar-refractivity contribution < 1.29 is 27.4 Å². The third-order valence-corrected chi connectivity index (χ3v) is 3.83. The van der Waals surface area contributed by atoms with Crippen LogP contribution < -0.4 is 10.1 Å². The Balaban J connectivity index is 1.76. The average Bonchev–Trinajstić information content (AvgIpc) is 2.69. The maximum atomic E-state index is 13.9. The summed E-state index contributed by atoms with van der Waals surface area (Å²) in [5, 5.41) is 13.1. The summed E-state index contributed by atoms with van der Waals surface area (Å²) >= 11 is 0. The summed E-state index contributed by atoms with van der Waals surface area (Å²) < 4.78 is 56.1. The molecule has 1 atom stereocenters. The highest BCUT2D eigenvalue weighted by molar-refractivity contribution is 5.63. The molecule has 9 heteroatoms. The van der Waals surface area contributed by atoms with E-state index in [9.17, 15) is 22.7 Å². The van der Waals surface area contributed by atoms with Crippen molar-refractivity contribution in [1.29, 1.82) is 0 Å². The number of nitrogens with zero attached hydrogens (tertiary/aromatic N) is 2. The summed E-state index contributed by atoms with van der Waals surface area (Å²) in [7, 11) is 0. The highest BCUT2D eigenvalue weighted by atomic mass is 19.3. The SMILES string of the molecule is O[C@@H](CNc1cc(-c2cc(F)c(OC(F)F)c(F)c2)ncn1)c1ccccc1. The van der Waals surface area contributed by atoms with Crippen LogP contribution in [0.5, 0.6) is 5.75 Å². The summed E-state index contributed by atoms with van der Waals surface area (Å²) in [6.45, 7) is -3.20. The highest BCUT2D eigenvalue weighted by Gasteiger charge is 2.18. The summed E-state index contributed by atoms with van der Waals surface area (Å²) in [5.74, 6) is -3.39. The molecule has 3 aromatic rings. The predicted molar refractivity (Wildman–Crippen MR) is 93.9 cm³/mol. The fraction of sp³-hybridized carbons (Fsp3) is 0.158. The first-order valence-electron chi connectivity index (χ1n) is 8.17. The third-order valence-electron chi connectivity index (χ3n) is 3.83. The molecule has 2 aromatic carbocycles. The molecule has 0 aliphatic rings. The number of hydrogen-bond donors (Lipinski definition) is 2. The maximum Gasteiger partial charge on any atom is 0.387 e. The Hall–Kier alpha value is -3.20. The first-order valence-corrected chi connectivity index (χ1v) is 8.17. The van der Waals surface area contributed by atoms with E-state index in [-0.39, 0.29) is 17.8 Å². The number of halogens is 4. The number of ether oxygens (including phenoxy) is 1. The van der Waals surface area contributed by atoms with E-state index >= 15 is 0 Å². The van der Waals surface area contributed by atoms with Crippen molar-refractivity contribution in [3.05, 3.63) is 72.1 Å². The molecule has 0 radical (unpaired) electrons. The summed E-state index contributed by atoms with van der Waals surface area (Å²) in [4.78, 5) is 7.92. The molecule has 0 bridgehead atoms. The van der Waals surface area contributed by atoms with Gasteiger partial charge in [0.25, 0.3) is 0 Å². The fourth-order valence-electron chi connectivity index (χ4n) is 2.52. The Kier molecular flexibility index (Phi) is 6.05. The van der Waals surface area contributed by atoms with E-state index in [2.05, 4.69) is 20.0 Å². The van der Waals surface area contributed by atoms with Gasteiger partial charge < -0.3 is 15.2 Å². The van der Waals surface area contributed by atoms with Gasteiger partial charge in [-0.2, -0.15) is 8.78 Å². The van der Waals surface area contributed by atoms with Gasteiger partial charge >= 0.3 is 6.61 Å². The number of anilines is 1. The second-order valence-corrected chi connectivity index (χ2v) is 5.74. The first kappa shape index (κ1) is 19.6. The zero-order chi connectivity index (χ0) is 20.1. The van der Waals surface area contributed by atoms with Gasteiger partial charge in [-0.15, -0.1) is 0 Å². The maximum absolute atomic E-state index is 13.9. The van der Waals surface area contributed by atoms with Gasteiger partial charge in [0.1, 0.15) is 12.1 Å². The van der Waals surface area contributed by atoms with Crippen molar-refractivity contribution >= 4 is 5.82 Å². The van der Waals surface area contributed by atoms with Crippen LogP contribution in [0.25, 0.3) is 11.3 Å². The van der Waals surface area contributed by atoms with Crippen molar-refractivity contribution in [3.63, 3.8) is 0 Å². The van der Waals surface area contributed by atoms with Crippen molar-refractivity contribution in [3.8, 4) is 17.0 Å². The van der Waals surface area contributed by atoms with Crippen LogP contribution in [-0.2, 0) is 0 Å². The lowest BCUT2D eigenvalue weighted by Crippen LogP contribution is -2.13. The Morgan fingerprint density at radius 3 is 2.32 bits per heavy atom. The molecule has 1 aromatic heterocycles. The lowest BCUT2D eigenvalue weighted by molar-refractivity contribution is -0.0546. The molecule has 0 aliphatic heterocycles. The van der Waals surface area contributed by atoms with Crippen molar-refractivity contribution in [2.24, 2.45) is 0 Å². The van der Waals surface area contributed by atoms with Crippen LogP contribution in [0.1, 0.15) is 11.7 Å². The predicted octanol–water partition coefficient (Wildman–Crippen LogP) is 4.17. The molecule has 0 saturated carbocycles. The highest BCUT2D eigenvalue weighted by Crippen LogP contribution is 2.29. The van der Waals surface area contributed by atoms with Gasteiger partial charge in [0, 0.05) is 18.2 Å². The molecule has 0 saturated heterocycles. The van der Waals surface area contributed by atoms with Gasteiger partial charge in [0.05, 0.1) is 11.8 Å². The van der Waals surface area contributed by atoms with Gasteiger partial charge in [-0.25, -0.2) is 18.7 Å². The van der Waals surface area contributed by atoms with Gasteiger partial charge in [0.15, 0.2) is 17.4 Å². The van der Waals surface area contributed by atoms with Crippen molar-refractivity contribution in [1.82, 2.24) is 9.97 Å². The van der Waals surface area contributed by atoms with E-state index in [0.29, 0.717) is 11.4 Å². The number of aromatic nitrogens is 2. The van der Waals surface area contributed by atoms with Gasteiger partial charge in [-0.05, 0) is 17.7 Å². The fourth-order valence-corrected chi connectivity index (χ4v) is 2.52. The first-order chi connectivity index (χ1) is 13.4. The number of aliphatic hydroxyl groups is 1. The number of rotatable bonds is 7. The molecule has 0 spiro atoms. The molecule has 0 aliphatic carbocycles. The average molecular weight is 393 g/mol. The molecule has 28 heavy (non-hydrogen) atoms. The second-order valence-electron chi connectivity index (χ2n) is 5.74. The van der Waals surface area contributed by atoms with E-state index in [0.717, 1.165) is 12.1 Å². The molecular weight excluding hydrogens is 378 g/mol. The minimum Gasteiger partial charge on any atom is -0.429 e. The molecule has 2 N–H and O–H groups in total. The van der Waals surface area contributed by atoms with E-state index in [4.69, 9.17) is 0 Å². The second kappa shape index (κ2) is 8.66. The van der Waals surface area contributed by atoms with Crippen LogP contribution in [0, 0.1) is 11.6 Å². The van der Waals surface area contributed by atoms with Crippen LogP contribution in [-0.4, -0.2) is 28.2 Å². The minimum atomic E-state index is -3.35. The van der Waals surface area contributed by atoms with E-state index in [1.54, 1.807) is 24.3 Å². The number of nitrogens with one attached hydrogen (secondary N) is 1. The largest absolute Gasteiger partial charge is 0.429 e. The molecule has 3 rings (SSSR count). The quantitative estimate of drug-likeness (QED) is 0.590. The summed E-state index contributed by atoms with van der Waals surface area (Å²) in [6.07, 6.45) is 0.381. The Morgan fingerprint density at radius 1 is 1.00 bits per heavy atom. The van der Waals surface area contributed by atoms with Gasteiger partial charge in [-0.1, -0.05) is 30.3 Å². The normalized spacial score (nSPS) is 12.1. The molecule has 0 unspecified atom stereocenters. The van der Waals surface area contributed by atoms with E-state index in [1.165, 1.54) is 12.4 Å². The topological polar surface area (TPSA) is 67.3 Å². The lowest BCUT2D eigenvalue weighted by Gasteiger charge is -2.13. The molecule has 146 valence electrons. The zero-order valence-electron chi connectivity index (χ0n) is 14.3. The zero-order valence-corrected chi connectivity index (χ0v) is 14.3. The van der Waals surface area contributed by atoms with E-state index in [1.807, 2.05) is 6.07 Å². The van der Waals surface area contributed by atoms with Crippen LogP contribution in [0.3, 0.4) is 0 Å². The molecular formula is C19H15F4N3O2. The monoisotopic (exact) mass is 393 g/mol. The molecule has 0 amide bonds. The number of aliphatic hydroxyl groups excluding tert-OH is 1. The standard InChI is InChI=1S/C19H15F4N3O2/c20-13-6-12(7-14(21)18(13)28-19(22)23)15-8-17(26-10-25-15)24-9-16(27)11-4-2-1-3-5-11/h1-8,10,16,19,27H,9H2,(H,24,25,26)/t16-/m0/s1. The lowest BCUT2D eigenvalue weighted by atomic mass is 10.1. The minimum absolute atomic E-state index is 0.0191.